The van der Waals surface area contributed by atoms with Gasteiger partial charge >= 0.3 is 0 Å². The number of benzene rings is 1. The van der Waals surface area contributed by atoms with Crippen LogP contribution in [0.25, 0.3) is 0 Å². The molecule has 0 aliphatic rings. The van der Waals surface area contributed by atoms with Crippen molar-refractivity contribution in [2.75, 3.05) is 6.61 Å². The van der Waals surface area contributed by atoms with Gasteiger partial charge in [0.25, 0.3) is 0 Å². The molecule has 0 aromatic heterocycles. The highest BCUT2D eigenvalue weighted by atomic mass is 16.5. The largest absolute Gasteiger partial charge is 0.490 e. The third kappa shape index (κ3) is 3.47. The highest BCUT2D eigenvalue weighted by Gasteiger charge is 2.23. The first-order chi connectivity index (χ1) is 7.73. The molecule has 0 aliphatic heterocycles. The number of rotatable bonds is 3. The molecule has 96 valence electrons. The highest BCUT2D eigenvalue weighted by molar-refractivity contribution is 5.44. The second kappa shape index (κ2) is 5.09. The van der Waals surface area contributed by atoms with Crippen LogP contribution in [-0.2, 0) is 0 Å². The number of ether oxygens (including phenoxy) is 1. The lowest BCUT2D eigenvalue weighted by atomic mass is 9.90. The van der Waals surface area contributed by atoms with Gasteiger partial charge in [-0.1, -0.05) is 32.9 Å². The van der Waals surface area contributed by atoms with E-state index in [1.54, 1.807) is 0 Å². The van der Waals surface area contributed by atoms with Gasteiger partial charge in [-0.25, -0.2) is 0 Å². The Hall–Kier alpha value is -1.02. The van der Waals surface area contributed by atoms with Crippen LogP contribution in [0.1, 0.15) is 37.5 Å². The second-order valence-corrected chi connectivity index (χ2v) is 5.85. The first-order valence-electron chi connectivity index (χ1n) is 6.11. The van der Waals surface area contributed by atoms with Gasteiger partial charge in [0.1, 0.15) is 12.4 Å². The van der Waals surface area contributed by atoms with Crippen LogP contribution in [0.3, 0.4) is 0 Å². The van der Waals surface area contributed by atoms with Gasteiger partial charge in [0.15, 0.2) is 0 Å². The van der Waals surface area contributed by atoms with E-state index in [9.17, 15) is 5.11 Å². The molecule has 1 rings (SSSR count). The molecular weight excluding hydrogens is 212 g/mol. The molecule has 0 amide bonds. The molecule has 2 nitrogen and oxygen atoms in total. The van der Waals surface area contributed by atoms with Crippen molar-refractivity contribution in [1.82, 2.24) is 0 Å². The summed E-state index contributed by atoms with van der Waals surface area (Å²) in [5, 5.41) is 9.97. The fraction of sp³-hybridized carbons (Fsp3) is 0.600. The Morgan fingerprint density at radius 2 is 1.65 bits per heavy atom. The number of hydrogen-bond acceptors (Lipinski definition) is 2. The fourth-order valence-electron chi connectivity index (χ4n) is 1.56. The van der Waals surface area contributed by atoms with Gasteiger partial charge in [-0.05, 0) is 42.9 Å². The van der Waals surface area contributed by atoms with Crippen LogP contribution in [0.4, 0.5) is 0 Å². The summed E-state index contributed by atoms with van der Waals surface area (Å²) in [7, 11) is 0. The van der Waals surface area contributed by atoms with Gasteiger partial charge in [-0.15, -0.1) is 0 Å². The summed E-state index contributed by atoms with van der Waals surface area (Å²) in [5.74, 6) is 0.910. The minimum Gasteiger partial charge on any atom is -0.490 e. The molecule has 1 N–H and O–H groups in total. The highest BCUT2D eigenvalue weighted by Crippen LogP contribution is 2.27. The van der Waals surface area contributed by atoms with Crippen molar-refractivity contribution in [3.63, 3.8) is 0 Å². The predicted octanol–water partition coefficient (Wildman–Crippen LogP) is 3.40. The van der Waals surface area contributed by atoms with Gasteiger partial charge in [0.2, 0.25) is 0 Å². The third-order valence-corrected chi connectivity index (χ3v) is 3.26. The molecule has 1 aromatic carbocycles. The molecule has 0 saturated carbocycles. The van der Waals surface area contributed by atoms with Crippen molar-refractivity contribution in [3.05, 3.63) is 28.8 Å². The molecular formula is C15H24O2. The molecule has 0 heterocycles. The van der Waals surface area contributed by atoms with E-state index in [4.69, 9.17) is 4.74 Å². The quantitative estimate of drug-likeness (QED) is 0.871. The smallest absolute Gasteiger partial charge is 0.125 e. The average Bonchev–Trinajstić information content (AvgIpc) is 2.22. The second-order valence-electron chi connectivity index (χ2n) is 5.85. The first-order valence-corrected chi connectivity index (χ1v) is 6.11. The van der Waals surface area contributed by atoms with Crippen LogP contribution in [0.15, 0.2) is 12.1 Å². The maximum Gasteiger partial charge on any atom is 0.125 e. The molecule has 0 saturated heterocycles. The van der Waals surface area contributed by atoms with E-state index < -0.39 is 6.10 Å². The topological polar surface area (TPSA) is 29.5 Å². The van der Waals surface area contributed by atoms with Crippen molar-refractivity contribution in [3.8, 4) is 5.75 Å². The molecule has 0 aliphatic carbocycles. The van der Waals surface area contributed by atoms with Crippen molar-refractivity contribution < 1.29 is 9.84 Å². The van der Waals surface area contributed by atoms with E-state index in [1.165, 1.54) is 5.56 Å². The van der Waals surface area contributed by atoms with E-state index >= 15 is 0 Å². The zero-order valence-corrected chi connectivity index (χ0v) is 11.8. The lowest BCUT2D eigenvalue weighted by molar-refractivity contribution is 0.0214. The Balaban J connectivity index is 2.80. The normalized spacial score (nSPS) is 13.6. The molecule has 1 unspecified atom stereocenters. The van der Waals surface area contributed by atoms with E-state index in [0.29, 0.717) is 6.61 Å². The van der Waals surface area contributed by atoms with E-state index in [0.717, 1.165) is 16.9 Å². The van der Waals surface area contributed by atoms with Crippen LogP contribution in [-0.4, -0.2) is 17.8 Å². The molecule has 2 heteroatoms. The van der Waals surface area contributed by atoms with Crippen molar-refractivity contribution in [1.29, 1.82) is 0 Å². The van der Waals surface area contributed by atoms with E-state index in [-0.39, 0.29) is 5.41 Å². The standard InChI is InChI=1S/C15H24O2/c1-10-7-8-11(2)14(12(10)3)17-9-13(16)15(4,5)6/h7-8,13,16H,9H2,1-6H3. The summed E-state index contributed by atoms with van der Waals surface area (Å²) in [6, 6.07) is 4.15. The van der Waals surface area contributed by atoms with Gasteiger partial charge in [-0.3, -0.25) is 0 Å². The van der Waals surface area contributed by atoms with Gasteiger partial charge in [0, 0.05) is 0 Å². The van der Waals surface area contributed by atoms with Gasteiger partial charge in [-0.2, -0.15) is 0 Å². The molecule has 0 radical (unpaired) electrons. The van der Waals surface area contributed by atoms with Gasteiger partial charge < -0.3 is 9.84 Å². The molecule has 1 atom stereocenters. The van der Waals surface area contributed by atoms with Crippen molar-refractivity contribution in [2.24, 2.45) is 5.41 Å². The molecule has 1 aromatic rings. The van der Waals surface area contributed by atoms with Gasteiger partial charge in [0.05, 0.1) is 6.10 Å². The monoisotopic (exact) mass is 236 g/mol. The van der Waals surface area contributed by atoms with Crippen molar-refractivity contribution in [2.45, 2.75) is 47.6 Å². The maximum atomic E-state index is 9.97. The number of aliphatic hydroxyl groups is 1. The number of aliphatic hydroxyl groups excluding tert-OH is 1. The Morgan fingerprint density at radius 1 is 1.12 bits per heavy atom. The molecule has 0 bridgehead atoms. The fourth-order valence-corrected chi connectivity index (χ4v) is 1.56. The summed E-state index contributed by atoms with van der Waals surface area (Å²) < 4.78 is 5.79. The Morgan fingerprint density at radius 3 is 2.18 bits per heavy atom. The number of aryl methyl sites for hydroxylation is 2. The maximum absolute atomic E-state index is 9.97. The molecule has 17 heavy (non-hydrogen) atoms. The minimum atomic E-state index is -0.457. The van der Waals surface area contributed by atoms with E-state index in [2.05, 4.69) is 26.0 Å². The number of hydrogen-bond donors (Lipinski definition) is 1. The molecule has 0 fully saturated rings. The zero-order valence-electron chi connectivity index (χ0n) is 11.8. The molecule has 0 spiro atoms. The summed E-state index contributed by atoms with van der Waals surface area (Å²) >= 11 is 0. The SMILES string of the molecule is Cc1ccc(C)c(OCC(O)C(C)(C)C)c1C. The van der Waals surface area contributed by atoms with Crippen LogP contribution in [0.5, 0.6) is 5.75 Å². The zero-order chi connectivity index (χ0) is 13.2. The predicted molar refractivity (Wildman–Crippen MR) is 71.6 cm³/mol. The van der Waals surface area contributed by atoms with Crippen molar-refractivity contribution >= 4 is 0 Å². The van der Waals surface area contributed by atoms with Crippen LogP contribution >= 0.6 is 0 Å². The Kier molecular flexibility index (Phi) is 4.21. The Labute approximate surface area is 105 Å². The minimum absolute atomic E-state index is 0.147. The summed E-state index contributed by atoms with van der Waals surface area (Å²) in [6.45, 7) is 12.5. The van der Waals surface area contributed by atoms with Crippen LogP contribution in [0.2, 0.25) is 0 Å². The summed E-state index contributed by atoms with van der Waals surface area (Å²) in [4.78, 5) is 0. The average molecular weight is 236 g/mol. The Bertz CT molecular complexity index is 389. The third-order valence-electron chi connectivity index (χ3n) is 3.26. The van der Waals surface area contributed by atoms with E-state index in [1.807, 2.05) is 27.7 Å². The summed E-state index contributed by atoms with van der Waals surface area (Å²) in [6.07, 6.45) is -0.457. The van der Waals surface area contributed by atoms with Crippen LogP contribution < -0.4 is 4.74 Å². The lowest BCUT2D eigenvalue weighted by Crippen LogP contribution is -2.32. The lowest BCUT2D eigenvalue weighted by Gasteiger charge is -2.26. The first kappa shape index (κ1) is 14.0. The van der Waals surface area contributed by atoms with Crippen LogP contribution in [0, 0.1) is 26.2 Å². The summed E-state index contributed by atoms with van der Waals surface area (Å²) in [5.41, 5.74) is 3.35.